The molecule has 0 radical (unpaired) electrons. The Kier molecular flexibility index (Phi) is 5.11. The third-order valence-corrected chi connectivity index (χ3v) is 1.95. The first-order valence-electron chi connectivity index (χ1n) is 4.42. The van der Waals surface area contributed by atoms with Crippen LogP contribution in [0, 0.1) is 0 Å². The molecule has 0 aliphatic carbocycles. The zero-order chi connectivity index (χ0) is 10.4. The van der Waals surface area contributed by atoms with E-state index >= 15 is 0 Å². The molecule has 1 N–H and O–H groups in total. The highest BCUT2D eigenvalue weighted by Gasteiger charge is 2.11. The standard InChI is InChI=1S/C9H17NO3/c1-7(2)10(3)8(11)5-4-6-9(12)13/h7H,4-6H2,1-3H3,(H,12,13). The summed E-state index contributed by atoms with van der Waals surface area (Å²) in [5, 5.41) is 8.35. The number of amides is 1. The summed E-state index contributed by atoms with van der Waals surface area (Å²) in [6, 6.07) is 0.178. The van der Waals surface area contributed by atoms with E-state index in [9.17, 15) is 9.59 Å². The van der Waals surface area contributed by atoms with E-state index in [1.54, 1.807) is 11.9 Å². The minimum absolute atomic E-state index is 0.0104. The Morgan fingerprint density at radius 3 is 2.23 bits per heavy atom. The van der Waals surface area contributed by atoms with Crippen LogP contribution in [-0.2, 0) is 9.59 Å². The van der Waals surface area contributed by atoms with E-state index in [-0.39, 0.29) is 18.4 Å². The van der Waals surface area contributed by atoms with Gasteiger partial charge in [-0.05, 0) is 20.3 Å². The number of nitrogens with zero attached hydrogens (tertiary/aromatic N) is 1. The van der Waals surface area contributed by atoms with Gasteiger partial charge in [0, 0.05) is 25.9 Å². The van der Waals surface area contributed by atoms with Gasteiger partial charge in [-0.25, -0.2) is 0 Å². The number of rotatable bonds is 5. The van der Waals surface area contributed by atoms with Crippen molar-refractivity contribution in [2.75, 3.05) is 7.05 Å². The molecule has 0 rings (SSSR count). The number of carboxylic acids is 1. The van der Waals surface area contributed by atoms with Gasteiger partial charge in [0.05, 0.1) is 0 Å². The molecule has 0 aromatic carbocycles. The lowest BCUT2D eigenvalue weighted by Gasteiger charge is -2.21. The van der Waals surface area contributed by atoms with E-state index < -0.39 is 5.97 Å². The van der Waals surface area contributed by atoms with Crippen molar-refractivity contribution in [2.45, 2.75) is 39.2 Å². The largest absolute Gasteiger partial charge is 0.481 e. The number of aliphatic carboxylic acids is 1. The van der Waals surface area contributed by atoms with Crippen LogP contribution in [0.25, 0.3) is 0 Å². The van der Waals surface area contributed by atoms with E-state index in [1.807, 2.05) is 13.8 Å². The maximum absolute atomic E-state index is 11.3. The van der Waals surface area contributed by atoms with Gasteiger partial charge in [-0.1, -0.05) is 0 Å². The van der Waals surface area contributed by atoms with Crippen LogP contribution >= 0.6 is 0 Å². The Labute approximate surface area is 78.5 Å². The Balaban J connectivity index is 3.68. The Morgan fingerprint density at radius 1 is 1.31 bits per heavy atom. The molecule has 0 heterocycles. The highest BCUT2D eigenvalue weighted by molar-refractivity contribution is 5.76. The molecule has 0 saturated carbocycles. The predicted octanol–water partition coefficient (Wildman–Crippen LogP) is 1.11. The number of carbonyl (C=O) groups is 2. The topological polar surface area (TPSA) is 57.6 Å². The van der Waals surface area contributed by atoms with Gasteiger partial charge in [-0.15, -0.1) is 0 Å². The molecule has 0 aliphatic rings. The lowest BCUT2D eigenvalue weighted by Crippen LogP contribution is -2.32. The molecule has 76 valence electrons. The molecule has 0 aromatic heterocycles. The fraction of sp³-hybridized carbons (Fsp3) is 0.778. The van der Waals surface area contributed by atoms with Crippen LogP contribution in [0.4, 0.5) is 0 Å². The van der Waals surface area contributed by atoms with Gasteiger partial charge in [0.15, 0.2) is 0 Å². The maximum Gasteiger partial charge on any atom is 0.303 e. The molecule has 0 aromatic rings. The lowest BCUT2D eigenvalue weighted by molar-refractivity contribution is -0.137. The monoisotopic (exact) mass is 187 g/mol. The molecule has 4 nitrogen and oxygen atoms in total. The van der Waals surface area contributed by atoms with Gasteiger partial charge in [0.25, 0.3) is 0 Å². The van der Waals surface area contributed by atoms with Gasteiger partial charge in [0.1, 0.15) is 0 Å². The SMILES string of the molecule is CC(C)N(C)C(=O)CCCC(=O)O. The summed E-state index contributed by atoms with van der Waals surface area (Å²) in [6.07, 6.45) is 0.809. The van der Waals surface area contributed by atoms with Crippen LogP contribution in [0.15, 0.2) is 0 Å². The van der Waals surface area contributed by atoms with E-state index in [2.05, 4.69) is 0 Å². The zero-order valence-electron chi connectivity index (χ0n) is 8.41. The van der Waals surface area contributed by atoms with Gasteiger partial charge in [0.2, 0.25) is 5.91 Å². The minimum Gasteiger partial charge on any atom is -0.481 e. The second kappa shape index (κ2) is 5.56. The van der Waals surface area contributed by atoms with Gasteiger partial charge >= 0.3 is 5.97 Å². The van der Waals surface area contributed by atoms with Crippen LogP contribution in [0.5, 0.6) is 0 Å². The average Bonchev–Trinajstić information content (AvgIpc) is 2.02. The van der Waals surface area contributed by atoms with Crippen molar-refractivity contribution in [2.24, 2.45) is 0 Å². The molecule has 0 atom stereocenters. The highest BCUT2D eigenvalue weighted by atomic mass is 16.4. The van der Waals surface area contributed by atoms with E-state index in [0.717, 1.165) is 0 Å². The average molecular weight is 187 g/mol. The molecular formula is C9H17NO3. The third-order valence-electron chi connectivity index (χ3n) is 1.95. The first-order chi connectivity index (χ1) is 5.95. The maximum atomic E-state index is 11.3. The van der Waals surface area contributed by atoms with Crippen molar-refractivity contribution in [3.8, 4) is 0 Å². The van der Waals surface area contributed by atoms with Gasteiger partial charge in [-0.3, -0.25) is 9.59 Å². The molecule has 0 aliphatic heterocycles. The molecule has 13 heavy (non-hydrogen) atoms. The molecule has 0 fully saturated rings. The predicted molar refractivity (Wildman–Crippen MR) is 49.4 cm³/mol. The molecule has 0 unspecified atom stereocenters. The van der Waals surface area contributed by atoms with E-state index in [1.165, 1.54) is 0 Å². The van der Waals surface area contributed by atoms with Crippen molar-refractivity contribution in [1.29, 1.82) is 0 Å². The normalized spacial score (nSPS) is 10.2. The molecule has 0 bridgehead atoms. The Morgan fingerprint density at radius 2 is 1.85 bits per heavy atom. The molecule has 1 amide bonds. The Hall–Kier alpha value is -1.06. The van der Waals surface area contributed by atoms with E-state index in [4.69, 9.17) is 5.11 Å². The summed E-state index contributed by atoms with van der Waals surface area (Å²) in [5.41, 5.74) is 0. The fourth-order valence-electron chi connectivity index (χ4n) is 0.855. The molecule has 4 heteroatoms. The Bertz CT molecular complexity index is 189. The quantitative estimate of drug-likeness (QED) is 0.701. The summed E-state index contributed by atoms with van der Waals surface area (Å²) in [5.74, 6) is -0.837. The second-order valence-corrected chi connectivity index (χ2v) is 3.35. The lowest BCUT2D eigenvalue weighted by atomic mass is 10.2. The zero-order valence-corrected chi connectivity index (χ0v) is 8.41. The summed E-state index contributed by atoms with van der Waals surface area (Å²) in [6.45, 7) is 3.85. The van der Waals surface area contributed by atoms with Crippen molar-refractivity contribution >= 4 is 11.9 Å². The van der Waals surface area contributed by atoms with Crippen molar-refractivity contribution in [3.05, 3.63) is 0 Å². The van der Waals surface area contributed by atoms with Crippen LogP contribution in [0.1, 0.15) is 33.1 Å². The number of hydrogen-bond donors (Lipinski definition) is 1. The smallest absolute Gasteiger partial charge is 0.303 e. The number of hydrogen-bond acceptors (Lipinski definition) is 2. The van der Waals surface area contributed by atoms with Crippen LogP contribution < -0.4 is 0 Å². The molecule has 0 spiro atoms. The van der Waals surface area contributed by atoms with Crippen LogP contribution in [0.3, 0.4) is 0 Å². The van der Waals surface area contributed by atoms with Gasteiger partial charge in [-0.2, -0.15) is 0 Å². The summed E-state index contributed by atoms with van der Waals surface area (Å²) in [7, 11) is 1.73. The van der Waals surface area contributed by atoms with Crippen molar-refractivity contribution in [3.63, 3.8) is 0 Å². The first kappa shape index (κ1) is 11.9. The second-order valence-electron chi connectivity index (χ2n) is 3.35. The van der Waals surface area contributed by atoms with E-state index in [0.29, 0.717) is 12.8 Å². The van der Waals surface area contributed by atoms with Crippen molar-refractivity contribution in [1.82, 2.24) is 4.90 Å². The summed E-state index contributed by atoms with van der Waals surface area (Å²) < 4.78 is 0. The van der Waals surface area contributed by atoms with Gasteiger partial charge < -0.3 is 10.0 Å². The minimum atomic E-state index is -0.847. The first-order valence-corrected chi connectivity index (χ1v) is 4.42. The van der Waals surface area contributed by atoms with Crippen molar-refractivity contribution < 1.29 is 14.7 Å². The molecule has 0 saturated heterocycles. The summed E-state index contributed by atoms with van der Waals surface area (Å²) >= 11 is 0. The number of carboxylic acid groups (broad SMARTS) is 1. The number of carbonyl (C=O) groups excluding carboxylic acids is 1. The highest BCUT2D eigenvalue weighted by Crippen LogP contribution is 2.02. The fourth-order valence-corrected chi connectivity index (χ4v) is 0.855. The molecular weight excluding hydrogens is 170 g/mol. The third kappa shape index (κ3) is 5.22. The summed E-state index contributed by atoms with van der Waals surface area (Å²) in [4.78, 5) is 23.1. The van der Waals surface area contributed by atoms with Crippen LogP contribution in [-0.4, -0.2) is 35.0 Å². The van der Waals surface area contributed by atoms with Crippen LogP contribution in [0.2, 0.25) is 0 Å².